The lowest BCUT2D eigenvalue weighted by molar-refractivity contribution is -0.116. The predicted octanol–water partition coefficient (Wildman–Crippen LogP) is 4.03. The Morgan fingerprint density at radius 2 is 1.92 bits per heavy atom. The molecule has 0 spiro atoms. The number of fused-ring (bicyclic) bond motifs is 1. The van der Waals surface area contributed by atoms with Gasteiger partial charge in [-0.15, -0.1) is 0 Å². The van der Waals surface area contributed by atoms with Crippen molar-refractivity contribution in [2.75, 3.05) is 12.4 Å². The first-order chi connectivity index (χ1) is 12.4. The first-order valence-corrected chi connectivity index (χ1v) is 8.93. The molecule has 2 aromatic carbocycles. The van der Waals surface area contributed by atoms with Crippen LogP contribution in [0.5, 0.6) is 5.75 Å². The normalized spacial score (nSPS) is 10.8. The van der Waals surface area contributed by atoms with Gasteiger partial charge in [0.2, 0.25) is 11.3 Å². The molecule has 0 atom stereocenters. The van der Waals surface area contributed by atoms with E-state index in [4.69, 9.17) is 4.74 Å². The number of hydrogen-bond acceptors (Lipinski definition) is 3. The number of ether oxygens (including phenoxy) is 1. The molecule has 3 aromatic rings. The van der Waals surface area contributed by atoms with Crippen molar-refractivity contribution in [2.24, 2.45) is 0 Å². The van der Waals surface area contributed by atoms with Gasteiger partial charge in [-0.3, -0.25) is 9.59 Å². The SMILES string of the molecule is COc1cccc(NC(=O)Cn2c(C)c(Br)c(=O)c3cccc(C)c32)c1. The molecular formula is C20H19BrN2O3. The van der Waals surface area contributed by atoms with Gasteiger partial charge in [0, 0.05) is 22.8 Å². The second kappa shape index (κ2) is 7.33. The number of carbonyl (C=O) groups is 1. The molecule has 6 heteroatoms. The Bertz CT molecular complexity index is 1060. The summed E-state index contributed by atoms with van der Waals surface area (Å²) in [5, 5.41) is 3.47. The smallest absolute Gasteiger partial charge is 0.244 e. The van der Waals surface area contributed by atoms with Crippen molar-refractivity contribution in [3.05, 3.63) is 68.4 Å². The maximum absolute atomic E-state index is 12.6. The summed E-state index contributed by atoms with van der Waals surface area (Å²) in [6.45, 7) is 3.87. The Hall–Kier alpha value is -2.60. The van der Waals surface area contributed by atoms with Gasteiger partial charge in [-0.1, -0.05) is 18.2 Å². The Morgan fingerprint density at radius 3 is 2.65 bits per heavy atom. The monoisotopic (exact) mass is 414 g/mol. The Labute approximate surface area is 159 Å². The van der Waals surface area contributed by atoms with E-state index in [-0.39, 0.29) is 17.9 Å². The van der Waals surface area contributed by atoms with Gasteiger partial charge in [-0.05, 0) is 53.5 Å². The van der Waals surface area contributed by atoms with Crippen LogP contribution in [-0.2, 0) is 11.3 Å². The molecule has 5 nitrogen and oxygen atoms in total. The highest BCUT2D eigenvalue weighted by atomic mass is 79.9. The fourth-order valence-electron chi connectivity index (χ4n) is 3.01. The first kappa shape index (κ1) is 18.2. The van der Waals surface area contributed by atoms with E-state index >= 15 is 0 Å². The maximum atomic E-state index is 12.6. The van der Waals surface area contributed by atoms with Crippen molar-refractivity contribution in [3.63, 3.8) is 0 Å². The summed E-state index contributed by atoms with van der Waals surface area (Å²) in [6, 6.07) is 12.8. The van der Waals surface area contributed by atoms with Gasteiger partial charge in [-0.2, -0.15) is 0 Å². The molecule has 0 saturated heterocycles. The number of nitrogens with one attached hydrogen (secondary N) is 1. The zero-order valence-electron chi connectivity index (χ0n) is 14.8. The Balaban J connectivity index is 2.00. The molecule has 0 aliphatic heterocycles. The summed E-state index contributed by atoms with van der Waals surface area (Å²) < 4.78 is 7.52. The topological polar surface area (TPSA) is 60.3 Å². The summed E-state index contributed by atoms with van der Waals surface area (Å²) >= 11 is 3.37. The highest BCUT2D eigenvalue weighted by molar-refractivity contribution is 9.10. The summed E-state index contributed by atoms with van der Waals surface area (Å²) in [5.74, 6) is 0.493. The van der Waals surface area contributed by atoms with E-state index in [1.807, 2.05) is 42.7 Å². The van der Waals surface area contributed by atoms with Crippen molar-refractivity contribution in [1.82, 2.24) is 4.57 Å². The molecule has 0 bridgehead atoms. The number of benzene rings is 2. The van der Waals surface area contributed by atoms with Gasteiger partial charge in [0.25, 0.3) is 0 Å². The number of pyridine rings is 1. The number of methoxy groups -OCH3 is 1. The highest BCUT2D eigenvalue weighted by Gasteiger charge is 2.16. The number of carbonyl (C=O) groups excluding carboxylic acids is 1. The number of rotatable bonds is 4. The summed E-state index contributed by atoms with van der Waals surface area (Å²) in [7, 11) is 1.58. The van der Waals surface area contributed by atoms with E-state index in [9.17, 15) is 9.59 Å². The third-order valence-electron chi connectivity index (χ3n) is 4.33. The van der Waals surface area contributed by atoms with Gasteiger partial charge in [0.05, 0.1) is 17.1 Å². The van der Waals surface area contributed by atoms with Crippen molar-refractivity contribution in [1.29, 1.82) is 0 Å². The van der Waals surface area contributed by atoms with Crippen LogP contribution >= 0.6 is 15.9 Å². The van der Waals surface area contributed by atoms with Gasteiger partial charge in [-0.25, -0.2) is 0 Å². The molecule has 26 heavy (non-hydrogen) atoms. The standard InChI is InChI=1S/C20H19BrN2O3/c1-12-6-4-9-16-19(12)23(13(2)18(21)20(16)25)11-17(24)22-14-7-5-8-15(10-14)26-3/h4-10H,11H2,1-3H3,(H,22,24). The van der Waals surface area contributed by atoms with Crippen LogP contribution in [-0.4, -0.2) is 17.6 Å². The fourth-order valence-corrected chi connectivity index (χ4v) is 3.44. The minimum atomic E-state index is -0.179. The molecule has 0 aliphatic rings. The number of aromatic nitrogens is 1. The number of nitrogens with zero attached hydrogens (tertiary/aromatic N) is 1. The van der Waals surface area contributed by atoms with Crippen LogP contribution < -0.4 is 15.5 Å². The second-order valence-electron chi connectivity index (χ2n) is 6.07. The molecule has 0 aliphatic carbocycles. The molecule has 1 aromatic heterocycles. The van der Waals surface area contributed by atoms with Gasteiger partial charge in [0.1, 0.15) is 12.3 Å². The average Bonchev–Trinajstić information content (AvgIpc) is 2.63. The first-order valence-electron chi connectivity index (χ1n) is 8.14. The number of aryl methyl sites for hydroxylation is 1. The van der Waals surface area contributed by atoms with Gasteiger partial charge in [0.15, 0.2) is 0 Å². The maximum Gasteiger partial charge on any atom is 0.244 e. The number of amides is 1. The highest BCUT2D eigenvalue weighted by Crippen LogP contribution is 2.23. The average molecular weight is 415 g/mol. The molecule has 1 N–H and O–H groups in total. The van der Waals surface area contributed by atoms with Crippen LogP contribution in [0.15, 0.2) is 51.7 Å². The third-order valence-corrected chi connectivity index (χ3v) is 5.26. The lowest BCUT2D eigenvalue weighted by Crippen LogP contribution is -2.23. The van der Waals surface area contributed by atoms with Crippen LogP contribution in [0.25, 0.3) is 10.9 Å². The molecule has 134 valence electrons. The van der Waals surface area contributed by atoms with Crippen molar-refractivity contribution < 1.29 is 9.53 Å². The van der Waals surface area contributed by atoms with Crippen LogP contribution in [0.4, 0.5) is 5.69 Å². The van der Waals surface area contributed by atoms with E-state index in [2.05, 4.69) is 21.2 Å². The molecule has 1 amide bonds. The molecule has 0 fully saturated rings. The molecule has 0 unspecified atom stereocenters. The van der Waals surface area contributed by atoms with Crippen molar-refractivity contribution in [3.8, 4) is 5.75 Å². The zero-order chi connectivity index (χ0) is 18.8. The molecule has 3 rings (SSSR count). The fraction of sp³-hybridized carbons (Fsp3) is 0.200. The van der Waals surface area contributed by atoms with E-state index in [1.54, 1.807) is 25.3 Å². The van der Waals surface area contributed by atoms with Gasteiger partial charge >= 0.3 is 0 Å². The van der Waals surface area contributed by atoms with E-state index < -0.39 is 0 Å². The van der Waals surface area contributed by atoms with Crippen LogP contribution in [0.3, 0.4) is 0 Å². The van der Waals surface area contributed by atoms with Gasteiger partial charge < -0.3 is 14.6 Å². The Morgan fingerprint density at radius 1 is 1.19 bits per heavy atom. The van der Waals surface area contributed by atoms with E-state index in [1.165, 1.54) is 0 Å². The van der Waals surface area contributed by atoms with E-state index in [0.29, 0.717) is 21.3 Å². The largest absolute Gasteiger partial charge is 0.497 e. The molecule has 0 saturated carbocycles. The Kier molecular flexibility index (Phi) is 5.13. The lowest BCUT2D eigenvalue weighted by atomic mass is 10.1. The minimum absolute atomic E-state index is 0.0642. The van der Waals surface area contributed by atoms with Crippen LogP contribution in [0, 0.1) is 13.8 Å². The lowest BCUT2D eigenvalue weighted by Gasteiger charge is -2.17. The van der Waals surface area contributed by atoms with E-state index in [0.717, 1.165) is 16.8 Å². The molecule has 0 radical (unpaired) electrons. The predicted molar refractivity (Wildman–Crippen MR) is 107 cm³/mol. The second-order valence-corrected chi connectivity index (χ2v) is 6.86. The minimum Gasteiger partial charge on any atom is -0.497 e. The molecule has 1 heterocycles. The number of halogens is 1. The zero-order valence-corrected chi connectivity index (χ0v) is 16.4. The number of para-hydroxylation sites is 1. The van der Waals surface area contributed by atoms with Crippen molar-refractivity contribution in [2.45, 2.75) is 20.4 Å². The summed E-state index contributed by atoms with van der Waals surface area (Å²) in [6.07, 6.45) is 0. The number of anilines is 1. The summed E-state index contributed by atoms with van der Waals surface area (Å²) in [5.41, 5.74) is 3.04. The van der Waals surface area contributed by atoms with Crippen LogP contribution in [0.2, 0.25) is 0 Å². The number of hydrogen-bond donors (Lipinski definition) is 1. The quantitative estimate of drug-likeness (QED) is 0.700. The summed E-state index contributed by atoms with van der Waals surface area (Å²) in [4.78, 5) is 25.1. The van der Waals surface area contributed by atoms with Crippen molar-refractivity contribution >= 4 is 38.4 Å². The van der Waals surface area contributed by atoms with Crippen LogP contribution in [0.1, 0.15) is 11.3 Å². The third kappa shape index (κ3) is 3.37. The molecular weight excluding hydrogens is 396 g/mol.